The quantitative estimate of drug-likeness (QED) is 0.467. The number of hydrogen-bond acceptors (Lipinski definition) is 7. The molecule has 1 aliphatic rings. The Hall–Kier alpha value is -3.32. The largest absolute Gasteiger partial charge is 0.421 e. The number of nitrogens with zero attached hydrogens (tertiary/aromatic N) is 5. The van der Waals surface area contributed by atoms with Gasteiger partial charge < -0.3 is 15.1 Å². The predicted molar refractivity (Wildman–Crippen MR) is 108 cm³/mol. The Kier molecular flexibility index (Phi) is 7.12. The van der Waals surface area contributed by atoms with Gasteiger partial charge in [0.25, 0.3) is 11.5 Å². The summed E-state index contributed by atoms with van der Waals surface area (Å²) in [5.41, 5.74) is -2.96. The van der Waals surface area contributed by atoms with Crippen molar-refractivity contribution in [1.29, 1.82) is 0 Å². The number of carbonyl (C=O) groups excluding carboxylic acids is 1. The van der Waals surface area contributed by atoms with Crippen LogP contribution in [0.2, 0.25) is 0 Å². The third-order valence-corrected chi connectivity index (χ3v) is 5.04. The van der Waals surface area contributed by atoms with E-state index < -0.39 is 23.2 Å². The smallest absolute Gasteiger partial charge is 0.369 e. The van der Waals surface area contributed by atoms with Crippen molar-refractivity contribution >= 4 is 17.7 Å². The zero-order valence-electron chi connectivity index (χ0n) is 17.6. The number of piperazine rings is 1. The number of alkyl halides is 5. The molecule has 1 fully saturated rings. The Balaban J connectivity index is 1.42. The second-order valence-electron chi connectivity index (χ2n) is 7.55. The van der Waals surface area contributed by atoms with Gasteiger partial charge in [0.1, 0.15) is 11.4 Å². The van der Waals surface area contributed by atoms with Crippen LogP contribution in [0.4, 0.5) is 33.7 Å². The first-order chi connectivity index (χ1) is 15.4. The molecule has 2 aromatic heterocycles. The fourth-order valence-corrected chi connectivity index (χ4v) is 3.19. The number of rotatable bonds is 7. The number of halogens is 5. The highest BCUT2D eigenvalue weighted by Crippen LogP contribution is 2.27. The van der Waals surface area contributed by atoms with E-state index in [9.17, 15) is 31.5 Å². The Morgan fingerprint density at radius 3 is 2.33 bits per heavy atom. The van der Waals surface area contributed by atoms with Gasteiger partial charge in [-0.2, -0.15) is 18.3 Å². The zero-order valence-corrected chi connectivity index (χ0v) is 17.6. The number of H-pyrrole nitrogens is 1. The number of hydrogen-bond donors (Lipinski definition) is 2. The van der Waals surface area contributed by atoms with Crippen LogP contribution in [-0.2, 0) is 16.9 Å². The lowest BCUT2D eigenvalue weighted by atomic mass is 10.2. The molecule has 1 saturated heterocycles. The first-order valence-electron chi connectivity index (χ1n) is 10.1. The van der Waals surface area contributed by atoms with E-state index in [1.54, 1.807) is 14.9 Å². The Labute approximate surface area is 185 Å². The molecule has 9 nitrogen and oxygen atoms in total. The maximum Gasteiger partial charge on any atom is 0.421 e. The monoisotopic (exact) mass is 475 g/mol. The van der Waals surface area contributed by atoms with Crippen LogP contribution in [0.15, 0.2) is 23.3 Å². The molecular weight excluding hydrogens is 453 g/mol. The molecule has 0 aliphatic carbocycles. The number of amides is 1. The molecular formula is C19H22F5N7O2. The van der Waals surface area contributed by atoms with Crippen LogP contribution in [0.25, 0.3) is 0 Å². The van der Waals surface area contributed by atoms with E-state index in [-0.39, 0.29) is 30.3 Å². The Bertz CT molecular complexity index is 1010. The SMILES string of the molecule is CC(F)(F)c1cnc(N2CCN(C(=O)CCCNc3cc(C(F)(F)F)c(=O)[nH]n3)CC2)nc1. The van der Waals surface area contributed by atoms with Crippen molar-refractivity contribution in [2.24, 2.45) is 0 Å². The minimum Gasteiger partial charge on any atom is -0.369 e. The van der Waals surface area contributed by atoms with E-state index in [1.165, 1.54) is 0 Å². The van der Waals surface area contributed by atoms with Crippen LogP contribution in [0.3, 0.4) is 0 Å². The summed E-state index contributed by atoms with van der Waals surface area (Å²) in [6.45, 7) is 2.63. The van der Waals surface area contributed by atoms with E-state index in [0.29, 0.717) is 44.6 Å². The lowest BCUT2D eigenvalue weighted by Gasteiger charge is -2.34. The second-order valence-corrected chi connectivity index (χ2v) is 7.55. The van der Waals surface area contributed by atoms with Crippen molar-refractivity contribution in [3.8, 4) is 0 Å². The molecule has 0 aromatic carbocycles. The maximum absolute atomic E-state index is 13.3. The lowest BCUT2D eigenvalue weighted by Crippen LogP contribution is -2.49. The molecule has 0 bridgehead atoms. The van der Waals surface area contributed by atoms with E-state index in [2.05, 4.69) is 20.4 Å². The zero-order chi connectivity index (χ0) is 24.2. The van der Waals surface area contributed by atoms with E-state index >= 15 is 0 Å². The summed E-state index contributed by atoms with van der Waals surface area (Å²) in [6.07, 6.45) is -2.11. The molecule has 2 N–H and O–H groups in total. The highest BCUT2D eigenvalue weighted by atomic mass is 19.4. The molecule has 3 heterocycles. The molecule has 3 rings (SSSR count). The highest BCUT2D eigenvalue weighted by Gasteiger charge is 2.34. The normalized spacial score (nSPS) is 15.0. The third-order valence-electron chi connectivity index (χ3n) is 5.04. The van der Waals surface area contributed by atoms with Crippen molar-refractivity contribution in [1.82, 2.24) is 25.1 Å². The van der Waals surface area contributed by atoms with Crippen molar-refractivity contribution < 1.29 is 26.7 Å². The summed E-state index contributed by atoms with van der Waals surface area (Å²) < 4.78 is 64.8. The van der Waals surface area contributed by atoms with Crippen molar-refractivity contribution in [2.75, 3.05) is 42.9 Å². The molecule has 0 saturated carbocycles. The summed E-state index contributed by atoms with van der Waals surface area (Å²) in [7, 11) is 0. The number of nitrogens with one attached hydrogen (secondary N) is 2. The third kappa shape index (κ3) is 6.35. The minimum absolute atomic E-state index is 0.122. The Morgan fingerprint density at radius 1 is 1.12 bits per heavy atom. The molecule has 0 spiro atoms. The molecule has 1 aliphatic heterocycles. The number of carbonyl (C=O) groups is 1. The van der Waals surface area contributed by atoms with Crippen LogP contribution in [0, 0.1) is 0 Å². The van der Waals surface area contributed by atoms with Crippen LogP contribution in [0.5, 0.6) is 0 Å². The number of anilines is 2. The summed E-state index contributed by atoms with van der Waals surface area (Å²) in [6, 6.07) is 0.621. The van der Waals surface area contributed by atoms with Crippen LogP contribution in [-0.4, -0.2) is 63.7 Å². The molecule has 14 heteroatoms. The predicted octanol–water partition coefficient (Wildman–Crippen LogP) is 2.23. The van der Waals surface area contributed by atoms with Gasteiger partial charge in [0.15, 0.2) is 0 Å². The molecule has 0 atom stereocenters. The minimum atomic E-state index is -4.79. The van der Waals surface area contributed by atoms with Gasteiger partial charge in [-0.3, -0.25) is 9.59 Å². The summed E-state index contributed by atoms with van der Waals surface area (Å²) in [5, 5.41) is 7.96. The van der Waals surface area contributed by atoms with Gasteiger partial charge in [0.2, 0.25) is 11.9 Å². The van der Waals surface area contributed by atoms with Gasteiger partial charge in [-0.15, -0.1) is 0 Å². The summed E-state index contributed by atoms with van der Waals surface area (Å²) in [4.78, 5) is 35.0. The fourth-order valence-electron chi connectivity index (χ4n) is 3.19. The average Bonchev–Trinajstić information content (AvgIpc) is 2.76. The van der Waals surface area contributed by atoms with E-state index in [0.717, 1.165) is 19.3 Å². The van der Waals surface area contributed by atoms with Crippen molar-refractivity contribution in [3.05, 3.63) is 39.9 Å². The van der Waals surface area contributed by atoms with Crippen molar-refractivity contribution in [2.45, 2.75) is 31.9 Å². The molecule has 0 radical (unpaired) electrons. The van der Waals surface area contributed by atoms with Crippen LogP contribution < -0.4 is 15.8 Å². The van der Waals surface area contributed by atoms with Gasteiger partial charge in [-0.25, -0.2) is 23.8 Å². The lowest BCUT2D eigenvalue weighted by molar-refractivity contribution is -0.138. The molecule has 33 heavy (non-hydrogen) atoms. The maximum atomic E-state index is 13.3. The average molecular weight is 475 g/mol. The van der Waals surface area contributed by atoms with Gasteiger partial charge in [-0.1, -0.05) is 0 Å². The molecule has 2 aromatic rings. The first-order valence-corrected chi connectivity index (χ1v) is 10.1. The van der Waals surface area contributed by atoms with E-state index in [1.807, 2.05) is 0 Å². The number of aromatic amines is 1. The number of aromatic nitrogens is 4. The highest BCUT2D eigenvalue weighted by molar-refractivity contribution is 5.76. The molecule has 0 unspecified atom stereocenters. The first kappa shape index (κ1) is 24.3. The topological polar surface area (TPSA) is 107 Å². The summed E-state index contributed by atoms with van der Waals surface area (Å²) >= 11 is 0. The van der Waals surface area contributed by atoms with Gasteiger partial charge >= 0.3 is 6.18 Å². The van der Waals surface area contributed by atoms with Crippen LogP contribution in [0.1, 0.15) is 30.9 Å². The molecule has 180 valence electrons. The van der Waals surface area contributed by atoms with Gasteiger partial charge in [0.05, 0.1) is 5.56 Å². The Morgan fingerprint density at radius 2 is 1.76 bits per heavy atom. The van der Waals surface area contributed by atoms with Gasteiger partial charge in [0, 0.05) is 64.5 Å². The fraction of sp³-hybridized carbons (Fsp3) is 0.526. The molecule has 1 amide bonds. The standard InChI is InChI=1S/C19H22F5N7O2/c1-18(20,21)12-10-26-17(27-11-12)31-7-5-30(6-8-31)15(32)3-2-4-25-14-9-13(19(22,23)24)16(33)29-28-14/h9-11H,2-8H2,1H3,(H,25,28)(H,29,33). The van der Waals surface area contributed by atoms with E-state index in [4.69, 9.17) is 0 Å². The van der Waals surface area contributed by atoms with Gasteiger partial charge in [-0.05, 0) is 6.42 Å². The summed E-state index contributed by atoms with van der Waals surface area (Å²) in [5.74, 6) is -2.98. The van der Waals surface area contributed by atoms with Crippen molar-refractivity contribution in [3.63, 3.8) is 0 Å². The van der Waals surface area contributed by atoms with Crippen LogP contribution >= 0.6 is 0 Å². The second kappa shape index (κ2) is 9.67.